The lowest BCUT2D eigenvalue weighted by molar-refractivity contribution is 0.306. The highest BCUT2D eigenvalue weighted by molar-refractivity contribution is 6.35. The number of para-hydroxylation sites is 1. The van der Waals surface area contributed by atoms with Crippen molar-refractivity contribution in [3.63, 3.8) is 0 Å². The molecule has 2 aromatic carbocycles. The maximum Gasteiger partial charge on any atom is 0.168 e. The van der Waals surface area contributed by atoms with Gasteiger partial charge in [0.1, 0.15) is 18.0 Å². The third-order valence-electron chi connectivity index (χ3n) is 4.90. The lowest BCUT2D eigenvalue weighted by Crippen LogP contribution is -1.99. The fourth-order valence-corrected chi connectivity index (χ4v) is 3.79. The Labute approximate surface area is 194 Å². The van der Waals surface area contributed by atoms with E-state index in [0.717, 1.165) is 16.8 Å². The molecule has 0 aliphatic heterocycles. The van der Waals surface area contributed by atoms with Crippen molar-refractivity contribution in [2.24, 2.45) is 4.99 Å². The van der Waals surface area contributed by atoms with Gasteiger partial charge < -0.3 is 9.15 Å². The first-order valence-electron chi connectivity index (χ1n) is 9.90. The molecule has 0 aliphatic rings. The summed E-state index contributed by atoms with van der Waals surface area (Å²) in [5.41, 5.74) is 3.13. The number of ether oxygens (including phenoxy) is 1. The lowest BCUT2D eigenvalue weighted by atomic mass is 10.2. The number of rotatable bonds is 6. The van der Waals surface area contributed by atoms with Crippen molar-refractivity contribution in [2.75, 3.05) is 0 Å². The van der Waals surface area contributed by atoms with Crippen molar-refractivity contribution in [2.45, 2.75) is 6.61 Å². The average molecular weight is 462 g/mol. The zero-order chi connectivity index (χ0) is 21.9. The fourth-order valence-electron chi connectivity index (χ4n) is 3.33. The van der Waals surface area contributed by atoms with Crippen molar-refractivity contribution < 1.29 is 9.15 Å². The van der Waals surface area contributed by atoms with Crippen molar-refractivity contribution in [1.82, 2.24) is 9.38 Å². The molecule has 0 unspecified atom stereocenters. The van der Waals surface area contributed by atoms with Crippen LogP contribution in [0.2, 0.25) is 10.0 Å². The molecule has 0 atom stereocenters. The molecule has 158 valence electrons. The molecular formula is C25H17Cl2N3O2. The van der Waals surface area contributed by atoms with Crippen molar-refractivity contribution >= 4 is 40.9 Å². The first kappa shape index (κ1) is 20.4. The van der Waals surface area contributed by atoms with E-state index in [-0.39, 0.29) is 0 Å². The summed E-state index contributed by atoms with van der Waals surface area (Å²) in [6.45, 7) is 0.314. The van der Waals surface area contributed by atoms with Gasteiger partial charge in [0, 0.05) is 33.6 Å². The predicted octanol–water partition coefficient (Wildman–Crippen LogP) is 7.23. The molecule has 3 heterocycles. The topological polar surface area (TPSA) is 52.0 Å². The summed E-state index contributed by atoms with van der Waals surface area (Å²) in [4.78, 5) is 9.44. The molecule has 0 fully saturated rings. The summed E-state index contributed by atoms with van der Waals surface area (Å²) in [6, 6.07) is 22.5. The fraction of sp³-hybridized carbons (Fsp3) is 0.0400. The quantitative estimate of drug-likeness (QED) is 0.250. The predicted molar refractivity (Wildman–Crippen MR) is 127 cm³/mol. The average Bonchev–Trinajstić information content (AvgIpc) is 3.46. The van der Waals surface area contributed by atoms with Gasteiger partial charge in [-0.05, 0) is 48.5 Å². The minimum Gasteiger partial charge on any atom is -0.488 e. The zero-order valence-corrected chi connectivity index (χ0v) is 18.3. The van der Waals surface area contributed by atoms with Gasteiger partial charge in [-0.2, -0.15) is 0 Å². The van der Waals surface area contributed by atoms with Gasteiger partial charge in [0.15, 0.2) is 17.3 Å². The van der Waals surface area contributed by atoms with Gasteiger partial charge in [0.25, 0.3) is 0 Å². The Hall–Kier alpha value is -3.54. The van der Waals surface area contributed by atoms with Gasteiger partial charge in [-0.15, -0.1) is 0 Å². The van der Waals surface area contributed by atoms with Crippen LogP contribution in [-0.4, -0.2) is 15.6 Å². The molecule has 0 bridgehead atoms. The summed E-state index contributed by atoms with van der Waals surface area (Å²) < 4.78 is 13.5. The Morgan fingerprint density at radius 1 is 1.00 bits per heavy atom. The summed E-state index contributed by atoms with van der Waals surface area (Å²) in [5, 5.41) is 1.16. The number of hydrogen-bond donors (Lipinski definition) is 0. The molecule has 7 heteroatoms. The number of fused-ring (bicyclic) bond motifs is 1. The minimum absolute atomic E-state index is 0.314. The van der Waals surface area contributed by atoms with Gasteiger partial charge in [-0.1, -0.05) is 47.5 Å². The number of aromatic nitrogens is 2. The third kappa shape index (κ3) is 4.13. The number of hydrogen-bond acceptors (Lipinski definition) is 4. The maximum atomic E-state index is 6.28. The summed E-state index contributed by atoms with van der Waals surface area (Å²) in [7, 11) is 0. The lowest BCUT2D eigenvalue weighted by Gasteiger charge is -2.10. The summed E-state index contributed by atoms with van der Waals surface area (Å²) in [6.07, 6.45) is 5.31. The molecule has 3 aromatic heterocycles. The highest BCUT2D eigenvalue weighted by atomic mass is 35.5. The number of benzene rings is 2. The Morgan fingerprint density at radius 2 is 1.88 bits per heavy atom. The zero-order valence-electron chi connectivity index (χ0n) is 16.8. The normalized spacial score (nSPS) is 11.4. The summed E-state index contributed by atoms with van der Waals surface area (Å²) >= 11 is 12.3. The van der Waals surface area contributed by atoms with Crippen LogP contribution in [0.4, 0.5) is 5.82 Å². The molecule has 0 saturated heterocycles. The Bertz CT molecular complexity index is 1410. The van der Waals surface area contributed by atoms with Crippen LogP contribution in [0.1, 0.15) is 11.1 Å². The second-order valence-corrected chi connectivity index (χ2v) is 7.85. The Kier molecular flexibility index (Phi) is 5.67. The summed E-state index contributed by atoms with van der Waals surface area (Å²) in [5.74, 6) is 2.02. The number of pyridine rings is 1. The first-order valence-corrected chi connectivity index (χ1v) is 10.7. The second-order valence-electron chi connectivity index (χ2n) is 7.01. The molecule has 5 aromatic rings. The van der Waals surface area contributed by atoms with Crippen LogP contribution < -0.4 is 4.74 Å². The minimum atomic E-state index is 0.314. The van der Waals surface area contributed by atoms with Crippen LogP contribution in [0.5, 0.6) is 5.75 Å². The van der Waals surface area contributed by atoms with Gasteiger partial charge in [0.05, 0.1) is 6.26 Å². The number of aliphatic imine (C=N–C) groups is 1. The van der Waals surface area contributed by atoms with Crippen LogP contribution >= 0.6 is 23.2 Å². The van der Waals surface area contributed by atoms with E-state index in [2.05, 4.69) is 4.98 Å². The van der Waals surface area contributed by atoms with E-state index in [9.17, 15) is 0 Å². The largest absolute Gasteiger partial charge is 0.488 e. The number of furan rings is 1. The molecule has 5 rings (SSSR count). The second kappa shape index (κ2) is 8.91. The SMILES string of the molecule is Clc1ccc(COc2ccccc2/C=N/c2c(-c3ccco3)nc3ccccn23)c(Cl)c1. The molecule has 0 aliphatic carbocycles. The highest BCUT2D eigenvalue weighted by Crippen LogP contribution is 2.31. The monoisotopic (exact) mass is 461 g/mol. The van der Waals surface area contributed by atoms with Crippen molar-refractivity contribution in [3.05, 3.63) is 106 Å². The third-order valence-corrected chi connectivity index (χ3v) is 5.49. The number of imidazole rings is 1. The van der Waals surface area contributed by atoms with Gasteiger partial charge in [-0.3, -0.25) is 4.40 Å². The van der Waals surface area contributed by atoms with E-state index in [1.807, 2.05) is 71.3 Å². The number of nitrogens with zero attached hydrogens (tertiary/aromatic N) is 3. The molecule has 0 saturated carbocycles. The molecule has 32 heavy (non-hydrogen) atoms. The van der Waals surface area contributed by atoms with Crippen LogP contribution in [0.3, 0.4) is 0 Å². The molecule has 0 N–H and O–H groups in total. The standard InChI is InChI=1S/C25H17Cl2N3O2/c26-19-11-10-18(20(27)14-19)16-32-21-7-2-1-6-17(21)15-28-25-24(22-8-5-13-31-22)29-23-9-3-4-12-30(23)25/h1-15H,16H2/b28-15+. The van der Waals surface area contributed by atoms with E-state index in [0.29, 0.717) is 39.7 Å². The Balaban J connectivity index is 1.47. The van der Waals surface area contributed by atoms with E-state index in [1.165, 1.54) is 0 Å². The van der Waals surface area contributed by atoms with E-state index >= 15 is 0 Å². The highest BCUT2D eigenvalue weighted by Gasteiger charge is 2.15. The molecule has 0 radical (unpaired) electrons. The van der Waals surface area contributed by atoms with Crippen LogP contribution in [0.15, 0.2) is 94.7 Å². The van der Waals surface area contributed by atoms with Crippen LogP contribution in [0, 0.1) is 0 Å². The molecule has 5 nitrogen and oxygen atoms in total. The maximum absolute atomic E-state index is 6.28. The van der Waals surface area contributed by atoms with Crippen molar-refractivity contribution in [3.8, 4) is 17.2 Å². The van der Waals surface area contributed by atoms with Gasteiger partial charge in [0.2, 0.25) is 0 Å². The van der Waals surface area contributed by atoms with Gasteiger partial charge >= 0.3 is 0 Å². The molecule has 0 spiro atoms. The van der Waals surface area contributed by atoms with E-state index in [1.54, 1.807) is 24.6 Å². The van der Waals surface area contributed by atoms with E-state index in [4.69, 9.17) is 37.3 Å². The molecular weight excluding hydrogens is 445 g/mol. The smallest absolute Gasteiger partial charge is 0.168 e. The van der Waals surface area contributed by atoms with Crippen LogP contribution in [0.25, 0.3) is 17.1 Å². The van der Waals surface area contributed by atoms with Crippen molar-refractivity contribution in [1.29, 1.82) is 0 Å². The Morgan fingerprint density at radius 3 is 2.72 bits per heavy atom. The first-order chi connectivity index (χ1) is 15.7. The van der Waals surface area contributed by atoms with E-state index < -0.39 is 0 Å². The molecule has 0 amide bonds. The number of halogens is 2. The van der Waals surface area contributed by atoms with Gasteiger partial charge in [-0.25, -0.2) is 9.98 Å². The van der Waals surface area contributed by atoms with Crippen LogP contribution in [-0.2, 0) is 6.61 Å².